The standard InChI is InChI=1S/C19H22Cl2N2S/c1-4-18(14-7-5-13(6-8-14)12(2)3)23-19(24)22-17-10-15(20)9-16(21)11-17/h5-12,18H,4H2,1-3H3,(H2,22,23,24). The predicted octanol–water partition coefficient (Wildman–Crippen LogP) is 6.55. The molecular weight excluding hydrogens is 359 g/mol. The van der Waals surface area contributed by atoms with Crippen molar-refractivity contribution in [2.24, 2.45) is 0 Å². The van der Waals surface area contributed by atoms with Gasteiger partial charge < -0.3 is 10.6 Å². The Balaban J connectivity index is 2.04. The second-order valence-electron chi connectivity index (χ2n) is 6.04. The smallest absolute Gasteiger partial charge is 0.171 e. The van der Waals surface area contributed by atoms with Crippen LogP contribution in [-0.2, 0) is 0 Å². The zero-order valence-corrected chi connectivity index (χ0v) is 16.4. The third-order valence-corrected chi connectivity index (χ3v) is 4.50. The highest BCUT2D eigenvalue weighted by molar-refractivity contribution is 7.80. The molecule has 0 saturated heterocycles. The molecule has 0 fully saturated rings. The minimum atomic E-state index is 0.154. The van der Waals surface area contributed by atoms with Crippen molar-refractivity contribution < 1.29 is 0 Å². The van der Waals surface area contributed by atoms with Crippen LogP contribution in [0.5, 0.6) is 0 Å². The molecule has 0 aromatic heterocycles. The van der Waals surface area contributed by atoms with Crippen molar-refractivity contribution in [1.29, 1.82) is 0 Å². The zero-order valence-electron chi connectivity index (χ0n) is 14.1. The van der Waals surface area contributed by atoms with Crippen molar-refractivity contribution in [3.63, 3.8) is 0 Å². The number of hydrogen-bond donors (Lipinski definition) is 2. The molecular formula is C19H22Cl2N2S. The van der Waals surface area contributed by atoms with Crippen molar-refractivity contribution in [3.05, 3.63) is 63.6 Å². The van der Waals surface area contributed by atoms with Gasteiger partial charge in [0.1, 0.15) is 0 Å². The molecule has 0 bridgehead atoms. The van der Waals surface area contributed by atoms with Gasteiger partial charge in [0, 0.05) is 15.7 Å². The van der Waals surface area contributed by atoms with Gasteiger partial charge in [0.15, 0.2) is 5.11 Å². The Labute approximate surface area is 159 Å². The molecule has 5 heteroatoms. The Hall–Kier alpha value is -1.29. The molecule has 0 aliphatic rings. The summed E-state index contributed by atoms with van der Waals surface area (Å²) in [5, 5.41) is 8.19. The zero-order chi connectivity index (χ0) is 17.7. The first-order valence-corrected chi connectivity index (χ1v) is 9.19. The summed E-state index contributed by atoms with van der Waals surface area (Å²) in [6, 6.07) is 14.1. The van der Waals surface area contributed by atoms with Crippen LogP contribution in [0.1, 0.15) is 50.3 Å². The maximum absolute atomic E-state index is 6.01. The van der Waals surface area contributed by atoms with Crippen LogP contribution in [0, 0.1) is 0 Å². The lowest BCUT2D eigenvalue weighted by molar-refractivity contribution is 0.628. The molecule has 0 spiro atoms. The first kappa shape index (κ1) is 19.0. The monoisotopic (exact) mass is 380 g/mol. The van der Waals surface area contributed by atoms with Gasteiger partial charge in [-0.3, -0.25) is 0 Å². The van der Waals surface area contributed by atoms with E-state index in [0.29, 0.717) is 21.1 Å². The van der Waals surface area contributed by atoms with E-state index >= 15 is 0 Å². The van der Waals surface area contributed by atoms with Gasteiger partial charge in [0.05, 0.1) is 6.04 Å². The second-order valence-corrected chi connectivity index (χ2v) is 7.32. The maximum Gasteiger partial charge on any atom is 0.171 e. The molecule has 2 aromatic rings. The summed E-state index contributed by atoms with van der Waals surface area (Å²) >= 11 is 17.5. The lowest BCUT2D eigenvalue weighted by Gasteiger charge is -2.21. The number of benzene rings is 2. The van der Waals surface area contributed by atoms with E-state index in [4.69, 9.17) is 35.4 Å². The van der Waals surface area contributed by atoms with Gasteiger partial charge in [-0.1, -0.05) is 68.2 Å². The Morgan fingerprint density at radius 1 is 1.00 bits per heavy atom. The van der Waals surface area contributed by atoms with E-state index in [1.54, 1.807) is 18.2 Å². The first-order valence-electron chi connectivity index (χ1n) is 8.02. The maximum atomic E-state index is 6.01. The van der Waals surface area contributed by atoms with Crippen LogP contribution in [0.25, 0.3) is 0 Å². The topological polar surface area (TPSA) is 24.1 Å². The summed E-state index contributed by atoms with van der Waals surface area (Å²) < 4.78 is 0. The molecule has 2 N–H and O–H groups in total. The van der Waals surface area contributed by atoms with E-state index in [9.17, 15) is 0 Å². The summed E-state index contributed by atoms with van der Waals surface area (Å²) in [4.78, 5) is 0. The quantitative estimate of drug-likeness (QED) is 0.574. The highest BCUT2D eigenvalue weighted by atomic mass is 35.5. The van der Waals surface area contributed by atoms with Gasteiger partial charge in [-0.25, -0.2) is 0 Å². The van der Waals surface area contributed by atoms with Crippen LogP contribution in [0.3, 0.4) is 0 Å². The molecule has 2 aromatic carbocycles. The van der Waals surface area contributed by atoms with Crippen molar-refractivity contribution in [1.82, 2.24) is 5.32 Å². The van der Waals surface area contributed by atoms with Gasteiger partial charge in [-0.15, -0.1) is 0 Å². The van der Waals surface area contributed by atoms with Crippen LogP contribution < -0.4 is 10.6 Å². The fraction of sp³-hybridized carbons (Fsp3) is 0.316. The molecule has 0 heterocycles. The van der Waals surface area contributed by atoms with Crippen LogP contribution in [0.2, 0.25) is 10.0 Å². The molecule has 0 radical (unpaired) electrons. The third kappa shape index (κ3) is 5.37. The van der Waals surface area contributed by atoms with Crippen LogP contribution in [-0.4, -0.2) is 5.11 Å². The van der Waals surface area contributed by atoms with E-state index in [1.807, 2.05) is 0 Å². The Bertz CT molecular complexity index is 679. The van der Waals surface area contributed by atoms with Crippen molar-refractivity contribution in [2.75, 3.05) is 5.32 Å². The van der Waals surface area contributed by atoms with Crippen molar-refractivity contribution >= 4 is 46.2 Å². The largest absolute Gasteiger partial charge is 0.356 e. The lowest BCUT2D eigenvalue weighted by atomic mass is 9.98. The van der Waals surface area contributed by atoms with E-state index in [0.717, 1.165) is 12.1 Å². The number of rotatable bonds is 5. The Morgan fingerprint density at radius 2 is 1.54 bits per heavy atom. The molecule has 1 unspecified atom stereocenters. The van der Waals surface area contributed by atoms with E-state index < -0.39 is 0 Å². The second kappa shape index (κ2) is 8.70. The SMILES string of the molecule is CCC(NC(=S)Nc1cc(Cl)cc(Cl)c1)c1ccc(C(C)C)cc1. The molecule has 1 atom stereocenters. The average molecular weight is 381 g/mol. The Morgan fingerprint density at radius 3 is 2.04 bits per heavy atom. The predicted molar refractivity (Wildman–Crippen MR) is 109 cm³/mol. The van der Waals surface area contributed by atoms with Gasteiger partial charge in [-0.05, 0) is 53.9 Å². The first-order chi connectivity index (χ1) is 11.4. The van der Waals surface area contributed by atoms with Crippen LogP contribution >= 0.6 is 35.4 Å². The Kier molecular flexibility index (Phi) is 6.90. The van der Waals surface area contributed by atoms with Crippen molar-refractivity contribution in [3.8, 4) is 0 Å². The summed E-state index contributed by atoms with van der Waals surface area (Å²) in [6.07, 6.45) is 0.930. The highest BCUT2D eigenvalue weighted by Gasteiger charge is 2.11. The van der Waals surface area contributed by atoms with Gasteiger partial charge >= 0.3 is 0 Å². The lowest BCUT2D eigenvalue weighted by Crippen LogP contribution is -2.32. The van der Waals surface area contributed by atoms with E-state index in [-0.39, 0.29) is 6.04 Å². The van der Waals surface area contributed by atoms with Gasteiger partial charge in [0.2, 0.25) is 0 Å². The summed E-state index contributed by atoms with van der Waals surface area (Å²) in [5.41, 5.74) is 3.33. The van der Waals surface area contributed by atoms with Crippen molar-refractivity contribution in [2.45, 2.75) is 39.2 Å². The molecule has 0 aliphatic carbocycles. The van der Waals surface area contributed by atoms with Crippen LogP contribution in [0.15, 0.2) is 42.5 Å². The molecule has 2 nitrogen and oxygen atoms in total. The molecule has 0 aliphatic heterocycles. The summed E-state index contributed by atoms with van der Waals surface area (Å²) in [7, 11) is 0. The summed E-state index contributed by atoms with van der Waals surface area (Å²) in [5.74, 6) is 0.530. The number of halogens is 2. The van der Waals surface area contributed by atoms with Crippen LogP contribution in [0.4, 0.5) is 5.69 Å². The van der Waals surface area contributed by atoms with Gasteiger partial charge in [-0.2, -0.15) is 0 Å². The molecule has 0 saturated carbocycles. The normalized spacial score (nSPS) is 12.1. The molecule has 0 amide bonds. The number of anilines is 1. The highest BCUT2D eigenvalue weighted by Crippen LogP contribution is 2.23. The van der Waals surface area contributed by atoms with Gasteiger partial charge in [0.25, 0.3) is 0 Å². The van der Waals surface area contributed by atoms with E-state index in [2.05, 4.69) is 55.7 Å². The fourth-order valence-electron chi connectivity index (χ4n) is 2.49. The molecule has 128 valence electrons. The molecule has 2 rings (SSSR count). The number of hydrogen-bond acceptors (Lipinski definition) is 1. The molecule has 24 heavy (non-hydrogen) atoms. The fourth-order valence-corrected chi connectivity index (χ4v) is 3.27. The number of nitrogens with one attached hydrogen (secondary N) is 2. The minimum Gasteiger partial charge on any atom is -0.356 e. The number of thiocarbonyl (C=S) groups is 1. The average Bonchev–Trinajstić information content (AvgIpc) is 2.51. The van der Waals surface area contributed by atoms with E-state index in [1.165, 1.54) is 11.1 Å². The third-order valence-electron chi connectivity index (χ3n) is 3.84. The summed E-state index contributed by atoms with van der Waals surface area (Å²) in [6.45, 7) is 6.52. The minimum absolute atomic E-state index is 0.154.